The number of sulfonamides is 1. The molecule has 3 aromatic carbocycles. The van der Waals surface area contributed by atoms with Crippen molar-refractivity contribution in [2.45, 2.75) is 57.7 Å². The van der Waals surface area contributed by atoms with Crippen molar-refractivity contribution >= 4 is 43.5 Å². The summed E-state index contributed by atoms with van der Waals surface area (Å²) < 4.78 is 27.5. The van der Waals surface area contributed by atoms with Crippen LogP contribution in [0, 0.1) is 6.92 Å². The predicted octanol–water partition coefficient (Wildman–Crippen LogP) is 5.22. The molecule has 1 aliphatic rings. The lowest BCUT2D eigenvalue weighted by atomic mass is 10.0. The SMILES string of the molecule is Cc1ccc(CN(C(=O)CN(c2ccccc2Br)S(C)(=O)=O)C(Cc2ccccc2)C(=O)NC2CCCC2)cc1. The van der Waals surface area contributed by atoms with Crippen LogP contribution in [-0.4, -0.2) is 50.0 Å². The molecule has 0 aromatic heterocycles. The van der Waals surface area contributed by atoms with Crippen LogP contribution in [0.25, 0.3) is 0 Å². The summed E-state index contributed by atoms with van der Waals surface area (Å²) in [5, 5.41) is 3.18. The van der Waals surface area contributed by atoms with Crippen LogP contribution in [0.3, 0.4) is 0 Å². The molecule has 0 heterocycles. The Hall–Kier alpha value is -3.17. The first-order valence-corrected chi connectivity index (χ1v) is 16.2. The molecule has 1 N–H and O–H groups in total. The van der Waals surface area contributed by atoms with E-state index >= 15 is 0 Å². The summed E-state index contributed by atoms with van der Waals surface area (Å²) >= 11 is 3.43. The number of para-hydroxylation sites is 1. The summed E-state index contributed by atoms with van der Waals surface area (Å²) in [6, 6.07) is 23.5. The van der Waals surface area contributed by atoms with Gasteiger partial charge in [0.1, 0.15) is 12.6 Å². The first-order chi connectivity index (χ1) is 19.1. The number of halogens is 1. The quantitative estimate of drug-likeness (QED) is 0.316. The van der Waals surface area contributed by atoms with E-state index in [1.54, 1.807) is 24.3 Å². The minimum absolute atomic E-state index is 0.0786. The van der Waals surface area contributed by atoms with Crippen LogP contribution in [0.15, 0.2) is 83.3 Å². The second-order valence-corrected chi connectivity index (χ2v) is 13.2. The van der Waals surface area contributed by atoms with Gasteiger partial charge < -0.3 is 10.2 Å². The molecule has 4 rings (SSSR count). The standard InChI is InChI=1S/C31H36BrN3O4S/c1-23-16-18-25(19-17-23)21-34(30(36)22-35(40(2,38)39)28-15-9-8-14-27(28)32)29(20-24-10-4-3-5-11-24)31(37)33-26-12-6-7-13-26/h3-5,8-11,14-19,26,29H,6-7,12-13,20-22H2,1-2H3,(H,33,37). The van der Waals surface area contributed by atoms with Crippen LogP contribution in [0.5, 0.6) is 0 Å². The average Bonchev–Trinajstić information content (AvgIpc) is 3.43. The monoisotopic (exact) mass is 625 g/mol. The third kappa shape index (κ3) is 7.95. The summed E-state index contributed by atoms with van der Waals surface area (Å²) in [6.07, 6.45) is 5.35. The van der Waals surface area contributed by atoms with Crippen LogP contribution < -0.4 is 9.62 Å². The molecule has 212 valence electrons. The topological polar surface area (TPSA) is 86.8 Å². The number of benzene rings is 3. The Bertz CT molecular complexity index is 1410. The first kappa shape index (κ1) is 29.8. The number of aryl methyl sites for hydroxylation is 1. The first-order valence-electron chi connectivity index (χ1n) is 13.5. The van der Waals surface area contributed by atoms with Crippen LogP contribution in [0.4, 0.5) is 5.69 Å². The van der Waals surface area contributed by atoms with Crippen molar-refractivity contribution in [2.75, 3.05) is 17.1 Å². The van der Waals surface area contributed by atoms with E-state index in [2.05, 4.69) is 21.2 Å². The Kier molecular flexibility index (Phi) is 10.0. The maximum Gasteiger partial charge on any atom is 0.244 e. The molecule has 1 aliphatic carbocycles. The highest BCUT2D eigenvalue weighted by atomic mass is 79.9. The largest absolute Gasteiger partial charge is 0.352 e. The molecule has 40 heavy (non-hydrogen) atoms. The van der Waals surface area contributed by atoms with Gasteiger partial charge in [-0.25, -0.2) is 8.42 Å². The third-order valence-electron chi connectivity index (χ3n) is 7.25. The van der Waals surface area contributed by atoms with Gasteiger partial charge in [0, 0.05) is 23.5 Å². The molecule has 0 aliphatic heterocycles. The summed E-state index contributed by atoms with van der Waals surface area (Å²) in [5.41, 5.74) is 3.22. The fourth-order valence-corrected chi connectivity index (χ4v) is 6.54. The fourth-order valence-electron chi connectivity index (χ4n) is 5.06. The number of anilines is 1. The minimum atomic E-state index is -3.82. The highest BCUT2D eigenvalue weighted by molar-refractivity contribution is 9.10. The zero-order chi connectivity index (χ0) is 28.7. The Balaban J connectivity index is 1.72. The number of hydrogen-bond acceptors (Lipinski definition) is 4. The number of rotatable bonds is 11. The number of nitrogens with zero attached hydrogens (tertiary/aromatic N) is 2. The van der Waals surface area contributed by atoms with Crippen molar-refractivity contribution in [3.63, 3.8) is 0 Å². The van der Waals surface area contributed by atoms with E-state index in [0.717, 1.165) is 52.9 Å². The molecule has 1 unspecified atom stereocenters. The molecule has 1 fully saturated rings. The van der Waals surface area contributed by atoms with Crippen molar-refractivity contribution < 1.29 is 18.0 Å². The summed E-state index contributed by atoms with van der Waals surface area (Å²) in [7, 11) is -3.82. The summed E-state index contributed by atoms with van der Waals surface area (Å²) in [4.78, 5) is 29.5. The number of nitrogens with one attached hydrogen (secondary N) is 1. The summed E-state index contributed by atoms with van der Waals surface area (Å²) in [5.74, 6) is -0.674. The number of carbonyl (C=O) groups excluding carboxylic acids is 2. The highest BCUT2D eigenvalue weighted by Gasteiger charge is 2.34. The fraction of sp³-hybridized carbons (Fsp3) is 0.355. The Morgan fingerprint density at radius 1 is 0.925 bits per heavy atom. The van der Waals surface area contributed by atoms with Gasteiger partial charge in [-0.3, -0.25) is 13.9 Å². The van der Waals surface area contributed by atoms with E-state index in [1.165, 1.54) is 4.90 Å². The maximum absolute atomic E-state index is 14.2. The van der Waals surface area contributed by atoms with Gasteiger partial charge in [0.25, 0.3) is 0 Å². The van der Waals surface area contributed by atoms with Gasteiger partial charge in [-0.2, -0.15) is 0 Å². The molecule has 1 atom stereocenters. The minimum Gasteiger partial charge on any atom is -0.352 e. The molecule has 2 amide bonds. The zero-order valence-corrected chi connectivity index (χ0v) is 25.3. The van der Waals surface area contributed by atoms with Gasteiger partial charge in [-0.1, -0.05) is 85.1 Å². The molecular weight excluding hydrogens is 590 g/mol. The molecule has 0 bridgehead atoms. The van der Waals surface area contributed by atoms with Crippen LogP contribution >= 0.6 is 15.9 Å². The van der Waals surface area contributed by atoms with Crippen LogP contribution in [0.1, 0.15) is 42.4 Å². The molecule has 1 saturated carbocycles. The van der Waals surface area contributed by atoms with Crippen molar-refractivity contribution in [3.8, 4) is 0 Å². The molecule has 9 heteroatoms. The van der Waals surface area contributed by atoms with E-state index in [0.29, 0.717) is 16.6 Å². The second-order valence-electron chi connectivity index (χ2n) is 10.4. The van der Waals surface area contributed by atoms with Gasteiger partial charge in [-0.15, -0.1) is 0 Å². The van der Waals surface area contributed by atoms with Crippen molar-refractivity contribution in [1.29, 1.82) is 0 Å². The van der Waals surface area contributed by atoms with E-state index in [9.17, 15) is 18.0 Å². The summed E-state index contributed by atoms with van der Waals surface area (Å²) in [6.45, 7) is 1.72. The lowest BCUT2D eigenvalue weighted by Gasteiger charge is -2.34. The predicted molar refractivity (Wildman–Crippen MR) is 162 cm³/mol. The van der Waals surface area contributed by atoms with Gasteiger partial charge in [0.05, 0.1) is 11.9 Å². The van der Waals surface area contributed by atoms with Gasteiger partial charge in [0.15, 0.2) is 0 Å². The van der Waals surface area contributed by atoms with E-state index < -0.39 is 28.5 Å². The van der Waals surface area contributed by atoms with Gasteiger partial charge in [0.2, 0.25) is 21.8 Å². The molecular formula is C31H36BrN3O4S. The van der Waals surface area contributed by atoms with Gasteiger partial charge in [-0.05, 0) is 59.0 Å². The second kappa shape index (κ2) is 13.5. The van der Waals surface area contributed by atoms with E-state index in [1.807, 2.05) is 61.5 Å². The molecule has 3 aromatic rings. The molecule has 0 spiro atoms. The number of amides is 2. The smallest absolute Gasteiger partial charge is 0.244 e. The Morgan fingerprint density at radius 2 is 1.55 bits per heavy atom. The van der Waals surface area contributed by atoms with Crippen molar-refractivity contribution in [3.05, 3.63) is 100 Å². The lowest BCUT2D eigenvalue weighted by molar-refractivity contribution is -0.140. The average molecular weight is 627 g/mol. The van der Waals surface area contributed by atoms with Gasteiger partial charge >= 0.3 is 0 Å². The lowest BCUT2D eigenvalue weighted by Crippen LogP contribution is -2.54. The van der Waals surface area contributed by atoms with E-state index in [4.69, 9.17) is 0 Å². The Labute approximate surface area is 245 Å². The van der Waals surface area contributed by atoms with Crippen LogP contribution in [0.2, 0.25) is 0 Å². The number of carbonyl (C=O) groups is 2. The normalized spacial score (nSPS) is 14.5. The van der Waals surface area contributed by atoms with Crippen LogP contribution in [-0.2, 0) is 32.6 Å². The molecule has 7 nitrogen and oxygen atoms in total. The third-order valence-corrected chi connectivity index (χ3v) is 9.04. The van der Waals surface area contributed by atoms with E-state index in [-0.39, 0.29) is 18.5 Å². The number of hydrogen-bond donors (Lipinski definition) is 1. The van der Waals surface area contributed by atoms with Crippen molar-refractivity contribution in [2.24, 2.45) is 0 Å². The Morgan fingerprint density at radius 3 is 2.17 bits per heavy atom. The zero-order valence-electron chi connectivity index (χ0n) is 22.9. The molecule has 0 radical (unpaired) electrons. The van der Waals surface area contributed by atoms with Crippen molar-refractivity contribution in [1.82, 2.24) is 10.2 Å². The molecule has 0 saturated heterocycles. The highest BCUT2D eigenvalue weighted by Crippen LogP contribution is 2.28. The maximum atomic E-state index is 14.2.